The molecule has 0 aliphatic heterocycles. The van der Waals surface area contributed by atoms with Gasteiger partial charge in [0.2, 0.25) is 5.88 Å². The fraction of sp³-hybridized carbons (Fsp3) is 0.143. The molecule has 3 heterocycles. The van der Waals surface area contributed by atoms with E-state index in [0.717, 1.165) is 23.3 Å². The highest BCUT2D eigenvalue weighted by Gasteiger charge is 2.08. The lowest BCUT2D eigenvalue weighted by Gasteiger charge is -2.04. The van der Waals surface area contributed by atoms with Crippen molar-refractivity contribution in [3.05, 3.63) is 47.8 Å². The second-order valence-electron chi connectivity index (χ2n) is 4.02. The molecule has 0 spiro atoms. The van der Waals surface area contributed by atoms with Crippen LogP contribution < -0.4 is 4.74 Å². The second kappa shape index (κ2) is 5.24. The summed E-state index contributed by atoms with van der Waals surface area (Å²) in [5.74, 6) is 0.601. The Bertz CT molecular complexity index is 688. The second-order valence-corrected chi connectivity index (χ2v) is 4.80. The van der Waals surface area contributed by atoms with E-state index in [-0.39, 0.29) is 0 Å². The Morgan fingerprint density at radius 2 is 2.32 bits per heavy atom. The van der Waals surface area contributed by atoms with Crippen LogP contribution in [0.25, 0.3) is 16.9 Å². The van der Waals surface area contributed by atoms with E-state index < -0.39 is 0 Å². The summed E-state index contributed by atoms with van der Waals surface area (Å²) >= 11 is 1.66. The maximum atomic E-state index is 5.57. The normalized spacial score (nSPS) is 10.7. The average Bonchev–Trinajstić information content (AvgIpc) is 3.07. The number of imidazole rings is 1. The van der Waals surface area contributed by atoms with Crippen molar-refractivity contribution in [3.8, 4) is 17.1 Å². The van der Waals surface area contributed by atoms with Crippen LogP contribution in [0.2, 0.25) is 0 Å². The largest absolute Gasteiger partial charge is 0.476 e. The van der Waals surface area contributed by atoms with Gasteiger partial charge in [-0.15, -0.1) is 11.7 Å². The highest BCUT2D eigenvalue weighted by atomic mass is 32.1. The molecular weight excluding hydrogens is 258 g/mol. The van der Waals surface area contributed by atoms with Gasteiger partial charge in [0.25, 0.3) is 0 Å². The minimum atomic E-state index is 0.588. The number of hydrogen-bond acceptors (Lipinski definition) is 4. The van der Waals surface area contributed by atoms with Gasteiger partial charge in [-0.1, -0.05) is 6.08 Å². The summed E-state index contributed by atoms with van der Waals surface area (Å²) in [6, 6.07) is 5.80. The minimum absolute atomic E-state index is 0.588. The molecule has 0 atom stereocenters. The van der Waals surface area contributed by atoms with Gasteiger partial charge >= 0.3 is 0 Å². The molecule has 0 fully saturated rings. The molecule has 3 rings (SSSR count). The van der Waals surface area contributed by atoms with Crippen LogP contribution in [-0.2, 0) is 0 Å². The molecule has 3 aromatic rings. The van der Waals surface area contributed by atoms with Gasteiger partial charge in [-0.05, 0) is 23.9 Å². The molecule has 0 aromatic carbocycles. The van der Waals surface area contributed by atoms with E-state index in [1.54, 1.807) is 11.3 Å². The molecule has 96 valence electrons. The zero-order valence-corrected chi connectivity index (χ0v) is 11.1. The van der Waals surface area contributed by atoms with E-state index in [2.05, 4.69) is 28.1 Å². The first kappa shape index (κ1) is 11.9. The van der Waals surface area contributed by atoms with Crippen molar-refractivity contribution >= 4 is 17.0 Å². The predicted octanol–water partition coefficient (Wildman–Crippen LogP) is 3.41. The number of aromatic nitrogens is 3. The van der Waals surface area contributed by atoms with Gasteiger partial charge in [0.05, 0.1) is 18.5 Å². The maximum absolute atomic E-state index is 5.57. The molecule has 0 radical (unpaired) electrons. The number of ether oxygens (including phenoxy) is 1. The Hall–Kier alpha value is -2.14. The standard InChI is InChI=1S/C14H13N3OS/c1-2-3-7-18-14-5-4-13-15-9-12(17(13)16-14)11-6-8-19-10-11/h2,4-6,8-10H,1,3,7H2. The van der Waals surface area contributed by atoms with E-state index in [0.29, 0.717) is 12.5 Å². The lowest BCUT2D eigenvalue weighted by molar-refractivity contribution is 0.307. The van der Waals surface area contributed by atoms with Crippen LogP contribution in [-0.4, -0.2) is 21.2 Å². The molecule has 0 saturated heterocycles. The monoisotopic (exact) mass is 271 g/mol. The van der Waals surface area contributed by atoms with Crippen molar-refractivity contribution in [1.29, 1.82) is 0 Å². The number of rotatable bonds is 5. The Balaban J connectivity index is 1.96. The smallest absolute Gasteiger partial charge is 0.231 e. The highest BCUT2D eigenvalue weighted by molar-refractivity contribution is 7.08. The van der Waals surface area contributed by atoms with Gasteiger partial charge in [-0.3, -0.25) is 0 Å². The van der Waals surface area contributed by atoms with Crippen LogP contribution in [0, 0.1) is 0 Å². The molecule has 0 unspecified atom stereocenters. The topological polar surface area (TPSA) is 39.4 Å². The first-order chi connectivity index (χ1) is 9.38. The summed E-state index contributed by atoms with van der Waals surface area (Å²) < 4.78 is 7.38. The number of fused-ring (bicyclic) bond motifs is 1. The van der Waals surface area contributed by atoms with Crippen LogP contribution >= 0.6 is 11.3 Å². The Morgan fingerprint density at radius 3 is 3.11 bits per heavy atom. The SMILES string of the molecule is C=CCCOc1ccc2ncc(-c3ccsc3)n2n1. The van der Waals surface area contributed by atoms with Crippen molar-refractivity contribution in [1.82, 2.24) is 14.6 Å². The van der Waals surface area contributed by atoms with Crippen molar-refractivity contribution in [2.75, 3.05) is 6.61 Å². The molecule has 0 saturated carbocycles. The summed E-state index contributed by atoms with van der Waals surface area (Å²) in [6.07, 6.45) is 4.46. The maximum Gasteiger partial charge on any atom is 0.231 e. The third-order valence-corrected chi connectivity index (χ3v) is 3.41. The summed E-state index contributed by atoms with van der Waals surface area (Å²) in [7, 11) is 0. The minimum Gasteiger partial charge on any atom is -0.476 e. The molecule has 5 heteroatoms. The Labute approximate surface area is 115 Å². The Morgan fingerprint density at radius 1 is 1.37 bits per heavy atom. The van der Waals surface area contributed by atoms with Crippen LogP contribution in [0.5, 0.6) is 5.88 Å². The molecule has 0 aliphatic carbocycles. The molecule has 3 aromatic heterocycles. The van der Waals surface area contributed by atoms with Crippen LogP contribution in [0.4, 0.5) is 0 Å². The van der Waals surface area contributed by atoms with Gasteiger partial charge in [0.15, 0.2) is 5.65 Å². The van der Waals surface area contributed by atoms with Crippen LogP contribution in [0.1, 0.15) is 6.42 Å². The van der Waals surface area contributed by atoms with E-state index in [1.165, 1.54) is 0 Å². The molecule has 0 bridgehead atoms. The van der Waals surface area contributed by atoms with Crippen molar-refractivity contribution < 1.29 is 4.74 Å². The molecule has 0 N–H and O–H groups in total. The molecule has 4 nitrogen and oxygen atoms in total. The average molecular weight is 271 g/mol. The van der Waals surface area contributed by atoms with Crippen molar-refractivity contribution in [2.45, 2.75) is 6.42 Å². The molecular formula is C14H13N3OS. The van der Waals surface area contributed by atoms with E-state index in [9.17, 15) is 0 Å². The van der Waals surface area contributed by atoms with Gasteiger partial charge < -0.3 is 4.74 Å². The van der Waals surface area contributed by atoms with Crippen LogP contribution in [0.15, 0.2) is 47.8 Å². The molecule has 0 aliphatic rings. The first-order valence-electron chi connectivity index (χ1n) is 5.99. The van der Waals surface area contributed by atoms with Gasteiger partial charge in [-0.25, -0.2) is 9.50 Å². The fourth-order valence-corrected chi connectivity index (χ4v) is 2.44. The lowest BCUT2D eigenvalue weighted by atomic mass is 10.3. The summed E-state index contributed by atoms with van der Waals surface area (Å²) in [6.45, 7) is 4.25. The number of hydrogen-bond donors (Lipinski definition) is 0. The van der Waals surface area contributed by atoms with Gasteiger partial charge in [0.1, 0.15) is 0 Å². The van der Waals surface area contributed by atoms with Gasteiger partial charge in [0, 0.05) is 17.0 Å². The Kier molecular flexibility index (Phi) is 3.29. The first-order valence-corrected chi connectivity index (χ1v) is 6.94. The fourth-order valence-electron chi connectivity index (χ4n) is 1.79. The summed E-state index contributed by atoms with van der Waals surface area (Å²) in [5.41, 5.74) is 2.91. The number of thiophene rings is 1. The predicted molar refractivity (Wildman–Crippen MR) is 76.6 cm³/mol. The zero-order chi connectivity index (χ0) is 13.1. The quantitative estimate of drug-likeness (QED) is 0.527. The van der Waals surface area contributed by atoms with Crippen molar-refractivity contribution in [2.24, 2.45) is 0 Å². The zero-order valence-electron chi connectivity index (χ0n) is 10.3. The molecule has 0 amide bonds. The third-order valence-electron chi connectivity index (χ3n) is 2.73. The van der Waals surface area contributed by atoms with E-state index >= 15 is 0 Å². The molecule has 19 heavy (non-hydrogen) atoms. The van der Waals surface area contributed by atoms with E-state index in [1.807, 2.05) is 34.3 Å². The lowest BCUT2D eigenvalue weighted by Crippen LogP contribution is -2.01. The van der Waals surface area contributed by atoms with Crippen LogP contribution in [0.3, 0.4) is 0 Å². The van der Waals surface area contributed by atoms with E-state index in [4.69, 9.17) is 4.74 Å². The summed E-state index contributed by atoms with van der Waals surface area (Å²) in [5, 5.41) is 8.59. The highest BCUT2D eigenvalue weighted by Crippen LogP contribution is 2.23. The number of nitrogens with zero attached hydrogens (tertiary/aromatic N) is 3. The van der Waals surface area contributed by atoms with Gasteiger partial charge in [-0.2, -0.15) is 11.3 Å². The van der Waals surface area contributed by atoms with Crippen molar-refractivity contribution in [3.63, 3.8) is 0 Å². The third kappa shape index (κ3) is 2.37. The summed E-state index contributed by atoms with van der Waals surface area (Å²) in [4.78, 5) is 4.35.